The van der Waals surface area contributed by atoms with E-state index < -0.39 is 5.41 Å². The summed E-state index contributed by atoms with van der Waals surface area (Å²) in [6, 6.07) is 77.8. The van der Waals surface area contributed by atoms with E-state index in [2.05, 4.69) is 231 Å². The molecule has 0 amide bonds. The fraction of sp³-hybridized carbons (Fsp3) is 0.0847. The fourth-order valence-electron chi connectivity index (χ4n) is 10.6. The number of hydrogen-bond donors (Lipinski definition) is 0. The van der Waals surface area contributed by atoms with E-state index >= 15 is 0 Å². The standard InChI is InChI=1S/C58H41NO.CH4.H2/c1-57(2)48-21-9-6-19-44(48)46-35-33-42(37-52(46)57)59(54-25-13-8-18-43(54)39-16-4-3-5-17-39)41-31-28-38(29-32-41)40-30-34-47-45-20-7-10-22-49(45)58(53(47)36-40)50-23-11-14-26-55(50)60-56-27-15-12-24-51(56)58;;/h3-37H,1-2H3;1H4;1H. The number of fused-ring (bicyclic) bond motifs is 12. The molecule has 294 valence electrons. The molecule has 1 heterocycles. The van der Waals surface area contributed by atoms with Crippen molar-refractivity contribution < 1.29 is 6.16 Å². The molecule has 12 rings (SSSR count). The normalized spacial score (nSPS) is 14.0. The summed E-state index contributed by atoms with van der Waals surface area (Å²) in [4.78, 5) is 2.44. The van der Waals surface area contributed by atoms with E-state index in [0.717, 1.165) is 28.6 Å². The van der Waals surface area contributed by atoms with Crippen molar-refractivity contribution in [3.63, 3.8) is 0 Å². The lowest BCUT2D eigenvalue weighted by atomic mass is 9.66. The summed E-state index contributed by atoms with van der Waals surface area (Å²) in [5, 5.41) is 0. The van der Waals surface area contributed by atoms with E-state index in [4.69, 9.17) is 4.74 Å². The minimum atomic E-state index is -0.508. The first-order valence-corrected chi connectivity index (χ1v) is 20.9. The van der Waals surface area contributed by atoms with E-state index in [1.54, 1.807) is 0 Å². The van der Waals surface area contributed by atoms with Gasteiger partial charge in [0.15, 0.2) is 0 Å². The summed E-state index contributed by atoms with van der Waals surface area (Å²) in [6.45, 7) is 4.71. The molecular formula is C59H47NO. The van der Waals surface area contributed by atoms with Gasteiger partial charge in [-0.05, 0) is 110 Å². The lowest BCUT2D eigenvalue weighted by Crippen LogP contribution is -2.32. The van der Waals surface area contributed by atoms with Gasteiger partial charge in [0.1, 0.15) is 11.5 Å². The molecule has 0 radical (unpaired) electrons. The van der Waals surface area contributed by atoms with Crippen LogP contribution in [-0.2, 0) is 10.8 Å². The lowest BCUT2D eigenvalue weighted by Gasteiger charge is -2.39. The number of para-hydroxylation sites is 3. The van der Waals surface area contributed by atoms with E-state index in [9.17, 15) is 0 Å². The Kier molecular flexibility index (Phi) is 8.31. The highest BCUT2D eigenvalue weighted by atomic mass is 16.5. The van der Waals surface area contributed by atoms with Gasteiger partial charge in [-0.3, -0.25) is 0 Å². The van der Waals surface area contributed by atoms with Gasteiger partial charge < -0.3 is 9.64 Å². The van der Waals surface area contributed by atoms with Crippen LogP contribution in [0, 0.1) is 0 Å². The van der Waals surface area contributed by atoms with Crippen LogP contribution in [0.1, 0.15) is 56.1 Å². The SMILES string of the molecule is C.CC1(C)c2ccccc2-c2ccc(N(c3ccc(-c4ccc5c(c4)C4(c6ccccc6Oc6ccccc64)c4ccccc4-5)cc3)c3ccccc3-c3ccccc3)cc21.[HH]. The zero-order chi connectivity index (χ0) is 40.0. The first-order chi connectivity index (χ1) is 29.5. The van der Waals surface area contributed by atoms with Gasteiger partial charge in [0.05, 0.1) is 11.1 Å². The van der Waals surface area contributed by atoms with Crippen molar-refractivity contribution in [2.75, 3.05) is 4.90 Å². The van der Waals surface area contributed by atoms with Crippen molar-refractivity contribution in [1.29, 1.82) is 0 Å². The van der Waals surface area contributed by atoms with Crippen LogP contribution in [0.25, 0.3) is 44.5 Å². The predicted octanol–water partition coefficient (Wildman–Crippen LogP) is 16.1. The average Bonchev–Trinajstić information content (AvgIpc) is 3.72. The van der Waals surface area contributed by atoms with Crippen LogP contribution < -0.4 is 9.64 Å². The van der Waals surface area contributed by atoms with E-state index in [1.807, 2.05) is 0 Å². The molecule has 1 spiro atoms. The highest BCUT2D eigenvalue weighted by molar-refractivity contribution is 5.93. The number of rotatable bonds is 5. The Morgan fingerprint density at radius 1 is 0.361 bits per heavy atom. The van der Waals surface area contributed by atoms with Gasteiger partial charge in [-0.15, -0.1) is 0 Å². The largest absolute Gasteiger partial charge is 0.457 e. The Balaban J connectivity index is 0.00000229. The summed E-state index contributed by atoms with van der Waals surface area (Å²) in [6.07, 6.45) is 0. The van der Waals surface area contributed by atoms with E-state index in [-0.39, 0.29) is 14.3 Å². The highest BCUT2D eigenvalue weighted by Gasteiger charge is 2.51. The van der Waals surface area contributed by atoms with Gasteiger partial charge in [-0.25, -0.2) is 0 Å². The Labute approximate surface area is 360 Å². The molecule has 0 fully saturated rings. The molecule has 0 aromatic heterocycles. The Morgan fingerprint density at radius 3 is 1.56 bits per heavy atom. The topological polar surface area (TPSA) is 12.5 Å². The fourth-order valence-corrected chi connectivity index (χ4v) is 10.6. The first-order valence-electron chi connectivity index (χ1n) is 20.9. The molecule has 9 aromatic carbocycles. The molecule has 0 saturated heterocycles. The third-order valence-electron chi connectivity index (χ3n) is 13.4. The average molecular weight is 786 g/mol. The third kappa shape index (κ3) is 5.28. The maximum Gasteiger partial charge on any atom is 0.132 e. The van der Waals surface area contributed by atoms with Crippen molar-refractivity contribution in [1.82, 2.24) is 0 Å². The van der Waals surface area contributed by atoms with Gasteiger partial charge >= 0.3 is 0 Å². The third-order valence-corrected chi connectivity index (χ3v) is 13.4. The Bertz CT molecular complexity index is 3120. The van der Waals surface area contributed by atoms with E-state index in [0.29, 0.717) is 0 Å². The Hall–Kier alpha value is -7.42. The second-order valence-electron chi connectivity index (χ2n) is 16.8. The molecule has 2 heteroatoms. The number of nitrogens with zero attached hydrogens (tertiary/aromatic N) is 1. The maximum atomic E-state index is 6.60. The molecule has 0 saturated carbocycles. The van der Waals surface area contributed by atoms with Gasteiger partial charge in [-0.2, -0.15) is 0 Å². The minimum Gasteiger partial charge on any atom is -0.457 e. The predicted molar refractivity (Wildman–Crippen MR) is 256 cm³/mol. The maximum absolute atomic E-state index is 6.60. The van der Waals surface area contributed by atoms with Gasteiger partial charge in [0.25, 0.3) is 0 Å². The number of anilines is 3. The Morgan fingerprint density at radius 2 is 0.852 bits per heavy atom. The van der Waals surface area contributed by atoms with Crippen LogP contribution in [-0.4, -0.2) is 0 Å². The van der Waals surface area contributed by atoms with Crippen LogP contribution in [0.15, 0.2) is 212 Å². The molecule has 9 aromatic rings. The summed E-state index contributed by atoms with van der Waals surface area (Å²) >= 11 is 0. The second-order valence-corrected chi connectivity index (χ2v) is 16.8. The van der Waals surface area contributed by atoms with E-state index in [1.165, 1.54) is 77.9 Å². The zero-order valence-corrected chi connectivity index (χ0v) is 33.6. The smallest absolute Gasteiger partial charge is 0.132 e. The quantitative estimate of drug-likeness (QED) is 0.172. The molecular weight excluding hydrogens is 739 g/mol. The zero-order valence-electron chi connectivity index (χ0n) is 33.6. The monoisotopic (exact) mass is 785 g/mol. The molecule has 2 nitrogen and oxygen atoms in total. The van der Waals surface area contributed by atoms with Gasteiger partial charge in [-0.1, -0.05) is 185 Å². The van der Waals surface area contributed by atoms with Crippen LogP contribution >= 0.6 is 0 Å². The molecule has 1 aliphatic heterocycles. The van der Waals surface area contributed by atoms with Crippen molar-refractivity contribution in [3.05, 3.63) is 246 Å². The van der Waals surface area contributed by atoms with Crippen LogP contribution in [0.4, 0.5) is 17.1 Å². The number of benzene rings is 9. The first kappa shape index (κ1) is 36.6. The molecule has 3 aliphatic rings. The van der Waals surface area contributed by atoms with Crippen LogP contribution in [0.3, 0.4) is 0 Å². The summed E-state index contributed by atoms with van der Waals surface area (Å²) < 4.78 is 6.60. The minimum absolute atomic E-state index is 0. The van der Waals surface area contributed by atoms with Gasteiger partial charge in [0.2, 0.25) is 0 Å². The number of ether oxygens (including phenoxy) is 1. The number of hydrogen-bond acceptors (Lipinski definition) is 2. The van der Waals surface area contributed by atoms with Crippen molar-refractivity contribution in [2.24, 2.45) is 0 Å². The molecule has 0 N–H and O–H groups in total. The molecule has 0 unspecified atom stereocenters. The molecule has 61 heavy (non-hydrogen) atoms. The summed E-state index contributed by atoms with van der Waals surface area (Å²) in [5.41, 5.74) is 20.3. The van der Waals surface area contributed by atoms with Crippen molar-refractivity contribution in [3.8, 4) is 56.0 Å². The molecule has 0 atom stereocenters. The lowest BCUT2D eigenvalue weighted by molar-refractivity contribution is 0.436. The molecule has 2 aliphatic carbocycles. The van der Waals surface area contributed by atoms with Crippen LogP contribution in [0.5, 0.6) is 11.5 Å². The van der Waals surface area contributed by atoms with Crippen molar-refractivity contribution >= 4 is 17.1 Å². The second kappa shape index (κ2) is 13.8. The van der Waals surface area contributed by atoms with Crippen LogP contribution in [0.2, 0.25) is 0 Å². The summed E-state index contributed by atoms with van der Waals surface area (Å²) in [7, 11) is 0. The van der Waals surface area contributed by atoms with Crippen molar-refractivity contribution in [2.45, 2.75) is 32.1 Å². The summed E-state index contributed by atoms with van der Waals surface area (Å²) in [5.74, 6) is 1.81. The highest BCUT2D eigenvalue weighted by Crippen LogP contribution is 2.62. The van der Waals surface area contributed by atoms with Gasteiger partial charge in [0, 0.05) is 34.9 Å². The molecule has 0 bridgehead atoms.